The Morgan fingerprint density at radius 2 is 2.00 bits per heavy atom. The minimum absolute atomic E-state index is 0.0221. The molecule has 7 nitrogen and oxygen atoms in total. The molecule has 0 bridgehead atoms. The van der Waals surface area contributed by atoms with Gasteiger partial charge in [-0.1, -0.05) is 28.2 Å². The Morgan fingerprint density at radius 3 is 2.65 bits per heavy atom. The van der Waals surface area contributed by atoms with Gasteiger partial charge in [0, 0.05) is 7.05 Å². The first-order valence-corrected chi connectivity index (χ1v) is 9.10. The van der Waals surface area contributed by atoms with E-state index in [2.05, 4.69) is 0 Å². The number of nitriles is 1. The van der Waals surface area contributed by atoms with Gasteiger partial charge in [0.2, 0.25) is 0 Å². The summed E-state index contributed by atoms with van der Waals surface area (Å²) in [4.78, 5) is 16.7. The molecule has 9 heteroatoms. The zero-order valence-electron chi connectivity index (χ0n) is 14.0. The van der Waals surface area contributed by atoms with Crippen molar-refractivity contribution in [2.24, 2.45) is 0 Å². The fourth-order valence-electron chi connectivity index (χ4n) is 2.03. The predicted molar refractivity (Wildman–Crippen MR) is 93.7 cm³/mol. The molecule has 0 saturated heterocycles. The second kappa shape index (κ2) is 8.29. The number of rotatable bonds is 6. The summed E-state index contributed by atoms with van der Waals surface area (Å²) in [5, 5.41) is 8.83. The van der Waals surface area contributed by atoms with E-state index < -0.39 is 16.0 Å². The van der Waals surface area contributed by atoms with Crippen LogP contribution in [0.2, 0.25) is 5.02 Å². The lowest BCUT2D eigenvalue weighted by atomic mass is 10.1. The number of halogens is 1. The van der Waals surface area contributed by atoms with Gasteiger partial charge < -0.3 is 4.74 Å². The van der Waals surface area contributed by atoms with Crippen LogP contribution in [0.5, 0.6) is 0 Å². The van der Waals surface area contributed by atoms with E-state index in [4.69, 9.17) is 26.4 Å². The molecule has 0 aromatic heterocycles. The molecule has 0 unspecified atom stereocenters. The molecule has 26 heavy (non-hydrogen) atoms. The van der Waals surface area contributed by atoms with Crippen molar-refractivity contribution in [1.82, 2.24) is 4.47 Å². The van der Waals surface area contributed by atoms with Gasteiger partial charge in [0.25, 0.3) is 10.0 Å². The Bertz CT molecular complexity index is 969. The highest BCUT2D eigenvalue weighted by molar-refractivity contribution is 7.89. The maximum atomic E-state index is 12.3. The normalized spacial score (nSPS) is 11.2. The lowest BCUT2D eigenvalue weighted by Crippen LogP contribution is -2.26. The van der Waals surface area contributed by atoms with Crippen molar-refractivity contribution in [1.29, 1.82) is 5.26 Å². The van der Waals surface area contributed by atoms with Crippen molar-refractivity contribution in [2.75, 3.05) is 14.2 Å². The quantitative estimate of drug-likeness (QED) is 0.552. The monoisotopic (exact) mass is 394 g/mol. The molecule has 0 aliphatic rings. The number of hydrogen-bond donors (Lipinski definition) is 0. The lowest BCUT2D eigenvalue weighted by molar-refractivity contribution is -0.0258. The van der Waals surface area contributed by atoms with E-state index in [-0.39, 0.29) is 22.1 Å². The van der Waals surface area contributed by atoms with Crippen LogP contribution in [0.15, 0.2) is 47.4 Å². The maximum absolute atomic E-state index is 12.3. The molecule has 0 saturated carbocycles. The highest BCUT2D eigenvalue weighted by atomic mass is 35.5. The SMILES string of the molecule is CON(C)S(=O)(=O)c1cc(C(=O)OCc2cccc(C#N)c2)ccc1Cl. The third-order valence-electron chi connectivity index (χ3n) is 3.47. The Balaban J connectivity index is 2.22. The summed E-state index contributed by atoms with van der Waals surface area (Å²) in [7, 11) is -1.62. The summed E-state index contributed by atoms with van der Waals surface area (Å²) in [6.45, 7) is -0.0585. The van der Waals surface area contributed by atoms with Crippen molar-refractivity contribution < 1.29 is 22.8 Å². The van der Waals surface area contributed by atoms with Gasteiger partial charge in [0.15, 0.2) is 0 Å². The average Bonchev–Trinajstić information content (AvgIpc) is 2.65. The van der Waals surface area contributed by atoms with Crippen LogP contribution >= 0.6 is 11.6 Å². The molecule has 0 aliphatic carbocycles. The summed E-state index contributed by atoms with van der Waals surface area (Å²) in [6, 6.07) is 12.4. The average molecular weight is 395 g/mol. The predicted octanol–water partition coefficient (Wildman–Crippen LogP) is 2.75. The maximum Gasteiger partial charge on any atom is 0.338 e. The number of sulfonamides is 1. The van der Waals surface area contributed by atoms with E-state index in [0.717, 1.165) is 6.07 Å². The third kappa shape index (κ3) is 4.39. The van der Waals surface area contributed by atoms with Gasteiger partial charge in [-0.2, -0.15) is 5.26 Å². The van der Waals surface area contributed by atoms with Crippen molar-refractivity contribution >= 4 is 27.6 Å². The molecule has 0 radical (unpaired) electrons. The highest BCUT2D eigenvalue weighted by Crippen LogP contribution is 2.25. The van der Waals surface area contributed by atoms with Crippen LogP contribution in [-0.2, 0) is 26.2 Å². The van der Waals surface area contributed by atoms with E-state index in [1.54, 1.807) is 24.3 Å². The molecule has 2 aromatic carbocycles. The van der Waals surface area contributed by atoms with Gasteiger partial charge in [0.1, 0.15) is 11.5 Å². The zero-order valence-corrected chi connectivity index (χ0v) is 15.5. The van der Waals surface area contributed by atoms with Gasteiger partial charge >= 0.3 is 5.97 Å². The summed E-state index contributed by atoms with van der Waals surface area (Å²) in [5.41, 5.74) is 1.10. The molecule has 0 atom stereocenters. The summed E-state index contributed by atoms with van der Waals surface area (Å²) in [6.07, 6.45) is 0. The van der Waals surface area contributed by atoms with Crippen LogP contribution in [0.4, 0.5) is 0 Å². The molecule has 0 fully saturated rings. The van der Waals surface area contributed by atoms with Crippen LogP contribution in [0.3, 0.4) is 0 Å². The fourth-order valence-corrected chi connectivity index (χ4v) is 3.50. The third-order valence-corrected chi connectivity index (χ3v) is 5.63. The van der Waals surface area contributed by atoms with Crippen LogP contribution in [0, 0.1) is 11.3 Å². The number of esters is 1. The molecule has 136 valence electrons. The lowest BCUT2D eigenvalue weighted by Gasteiger charge is -2.15. The van der Waals surface area contributed by atoms with Crippen LogP contribution < -0.4 is 0 Å². The van der Waals surface area contributed by atoms with E-state index in [0.29, 0.717) is 15.6 Å². The zero-order chi connectivity index (χ0) is 19.3. The van der Waals surface area contributed by atoms with Crippen molar-refractivity contribution in [3.63, 3.8) is 0 Å². The number of ether oxygens (including phenoxy) is 1. The minimum Gasteiger partial charge on any atom is -0.457 e. The van der Waals surface area contributed by atoms with Gasteiger partial charge in [-0.05, 0) is 35.9 Å². The number of carbonyl (C=O) groups excluding carboxylic acids is 1. The first-order valence-electron chi connectivity index (χ1n) is 7.28. The molecule has 0 amide bonds. The fraction of sp³-hybridized carbons (Fsp3) is 0.176. The standard InChI is InChI=1S/C17H15ClN2O5S/c1-20(24-2)26(22,23)16-9-14(6-7-15(16)18)17(21)25-11-13-5-3-4-12(8-13)10-19/h3-9H,11H2,1-2H3. The largest absolute Gasteiger partial charge is 0.457 e. The minimum atomic E-state index is -4.02. The van der Waals surface area contributed by atoms with Crippen molar-refractivity contribution in [2.45, 2.75) is 11.5 Å². The molecule has 0 aliphatic heterocycles. The molecule has 0 heterocycles. The Labute approximate surface area is 156 Å². The topological polar surface area (TPSA) is 96.7 Å². The summed E-state index contributed by atoms with van der Waals surface area (Å²) >= 11 is 5.95. The second-order valence-corrected chi connectivity index (χ2v) is 7.44. The van der Waals surface area contributed by atoms with Crippen LogP contribution in [0.1, 0.15) is 21.5 Å². The summed E-state index contributed by atoms with van der Waals surface area (Å²) < 4.78 is 30.5. The molecule has 2 aromatic rings. The number of hydrogen-bond acceptors (Lipinski definition) is 6. The van der Waals surface area contributed by atoms with Crippen molar-refractivity contribution in [3.05, 3.63) is 64.2 Å². The van der Waals surface area contributed by atoms with Gasteiger partial charge in [0.05, 0.1) is 29.3 Å². The molecular formula is C17H15ClN2O5S. The van der Waals surface area contributed by atoms with E-state index in [1.165, 1.54) is 26.3 Å². The molecule has 0 spiro atoms. The van der Waals surface area contributed by atoms with Crippen LogP contribution in [0.25, 0.3) is 0 Å². The van der Waals surface area contributed by atoms with Crippen LogP contribution in [-0.4, -0.2) is 33.0 Å². The molecule has 2 rings (SSSR count). The van der Waals surface area contributed by atoms with Gasteiger partial charge in [-0.25, -0.2) is 13.2 Å². The Morgan fingerprint density at radius 1 is 1.27 bits per heavy atom. The number of nitrogens with zero attached hydrogens (tertiary/aromatic N) is 2. The Kier molecular flexibility index (Phi) is 6.34. The molecular weight excluding hydrogens is 380 g/mol. The van der Waals surface area contributed by atoms with E-state index in [1.807, 2.05) is 6.07 Å². The van der Waals surface area contributed by atoms with Gasteiger partial charge in [-0.15, -0.1) is 0 Å². The second-order valence-electron chi connectivity index (χ2n) is 5.13. The number of carbonyl (C=O) groups is 1. The highest BCUT2D eigenvalue weighted by Gasteiger charge is 2.25. The molecule has 0 N–H and O–H groups in total. The number of benzene rings is 2. The number of hydroxylamine groups is 1. The first kappa shape index (κ1) is 19.9. The van der Waals surface area contributed by atoms with E-state index in [9.17, 15) is 13.2 Å². The summed E-state index contributed by atoms with van der Waals surface area (Å²) in [5.74, 6) is -0.722. The first-order chi connectivity index (χ1) is 12.3. The Hall–Kier alpha value is -2.44. The smallest absolute Gasteiger partial charge is 0.338 e. The van der Waals surface area contributed by atoms with Crippen molar-refractivity contribution in [3.8, 4) is 6.07 Å². The van der Waals surface area contributed by atoms with Gasteiger partial charge in [-0.3, -0.25) is 4.84 Å². The van der Waals surface area contributed by atoms with E-state index >= 15 is 0 Å².